The van der Waals surface area contributed by atoms with Gasteiger partial charge >= 0.3 is 0 Å². The summed E-state index contributed by atoms with van der Waals surface area (Å²) in [5.74, 6) is 1.29. The van der Waals surface area contributed by atoms with Crippen LogP contribution in [0.15, 0.2) is 24.3 Å². The number of benzene rings is 1. The van der Waals surface area contributed by atoms with E-state index < -0.39 is 0 Å². The second-order valence-electron chi connectivity index (χ2n) is 7.08. The van der Waals surface area contributed by atoms with Gasteiger partial charge in [-0.1, -0.05) is 6.07 Å². The highest BCUT2D eigenvalue weighted by atomic mass is 16.2. The number of aromatic nitrogens is 2. The number of fused-ring (bicyclic) bond motifs is 1. The molecule has 1 aliphatic heterocycles. The molecule has 4 nitrogen and oxygen atoms in total. The predicted octanol–water partition coefficient (Wildman–Crippen LogP) is 3.21. The Labute approximate surface area is 142 Å². The third kappa shape index (κ3) is 2.81. The first-order valence-corrected chi connectivity index (χ1v) is 8.83. The van der Waals surface area contributed by atoms with Crippen molar-refractivity contribution >= 4 is 5.91 Å². The smallest absolute Gasteiger partial charge is 0.253 e. The summed E-state index contributed by atoms with van der Waals surface area (Å²) in [4.78, 5) is 24.0. The summed E-state index contributed by atoms with van der Waals surface area (Å²) in [6, 6.07) is 8.22. The Kier molecular flexibility index (Phi) is 3.83. The molecule has 0 bridgehead atoms. The number of aryl methyl sites for hydroxylation is 4. The maximum Gasteiger partial charge on any atom is 0.253 e. The van der Waals surface area contributed by atoms with Crippen molar-refractivity contribution in [2.75, 3.05) is 13.1 Å². The monoisotopic (exact) mass is 321 g/mol. The Hall–Kier alpha value is -2.23. The highest BCUT2D eigenvalue weighted by Crippen LogP contribution is 2.28. The van der Waals surface area contributed by atoms with Crippen LogP contribution in [-0.4, -0.2) is 33.9 Å². The average Bonchev–Trinajstić information content (AvgIpc) is 3.22. The molecule has 2 aliphatic rings. The van der Waals surface area contributed by atoms with E-state index in [2.05, 4.69) is 22.1 Å². The van der Waals surface area contributed by atoms with Gasteiger partial charge in [0.05, 0.1) is 0 Å². The van der Waals surface area contributed by atoms with E-state index in [1.807, 2.05) is 30.9 Å². The van der Waals surface area contributed by atoms with Crippen LogP contribution in [-0.2, 0) is 12.8 Å². The SMILES string of the molecule is Cc1cc(C)nc([C@H]2CCN(C(=O)c3ccc4c(c3)CCC4)C2)n1. The van der Waals surface area contributed by atoms with Crippen LogP contribution >= 0.6 is 0 Å². The maximum absolute atomic E-state index is 12.8. The molecule has 0 N–H and O–H groups in total. The van der Waals surface area contributed by atoms with Crippen molar-refractivity contribution in [2.24, 2.45) is 0 Å². The fourth-order valence-corrected chi connectivity index (χ4v) is 3.98. The largest absolute Gasteiger partial charge is 0.338 e. The van der Waals surface area contributed by atoms with Crippen LogP contribution in [0.25, 0.3) is 0 Å². The zero-order valence-electron chi connectivity index (χ0n) is 14.4. The highest BCUT2D eigenvalue weighted by Gasteiger charge is 2.30. The molecule has 0 spiro atoms. The molecule has 0 radical (unpaired) electrons. The van der Waals surface area contributed by atoms with Gasteiger partial charge in [0.1, 0.15) is 5.82 Å². The van der Waals surface area contributed by atoms with Crippen molar-refractivity contribution in [2.45, 2.75) is 45.4 Å². The van der Waals surface area contributed by atoms with Crippen LogP contribution in [0.5, 0.6) is 0 Å². The number of carbonyl (C=O) groups is 1. The molecule has 24 heavy (non-hydrogen) atoms. The number of nitrogens with zero attached hydrogens (tertiary/aromatic N) is 3. The number of carbonyl (C=O) groups excluding carboxylic acids is 1. The van der Waals surface area contributed by atoms with E-state index in [0.29, 0.717) is 0 Å². The minimum absolute atomic E-state index is 0.150. The summed E-state index contributed by atoms with van der Waals surface area (Å²) in [7, 11) is 0. The van der Waals surface area contributed by atoms with E-state index in [-0.39, 0.29) is 11.8 Å². The Morgan fingerprint density at radius 1 is 1.08 bits per heavy atom. The molecule has 1 fully saturated rings. The molecule has 1 amide bonds. The fraction of sp³-hybridized carbons (Fsp3) is 0.450. The molecule has 1 saturated heterocycles. The molecule has 1 aromatic carbocycles. The Balaban J connectivity index is 1.51. The number of hydrogen-bond acceptors (Lipinski definition) is 3. The van der Waals surface area contributed by atoms with E-state index in [1.165, 1.54) is 17.5 Å². The molecule has 1 aliphatic carbocycles. The van der Waals surface area contributed by atoms with E-state index in [0.717, 1.165) is 55.1 Å². The first-order valence-electron chi connectivity index (χ1n) is 8.83. The standard InChI is InChI=1S/C20H23N3O/c1-13-10-14(2)22-19(21-13)18-8-9-23(12-18)20(24)17-7-6-15-4-3-5-16(15)11-17/h6-7,10-11,18H,3-5,8-9,12H2,1-2H3/t18-/m0/s1. The van der Waals surface area contributed by atoms with Gasteiger partial charge in [0, 0.05) is 36.0 Å². The number of rotatable bonds is 2. The minimum Gasteiger partial charge on any atom is -0.338 e. The van der Waals surface area contributed by atoms with Crippen LogP contribution in [0.1, 0.15) is 57.5 Å². The lowest BCUT2D eigenvalue weighted by Crippen LogP contribution is -2.28. The van der Waals surface area contributed by atoms with Gasteiger partial charge in [0.25, 0.3) is 5.91 Å². The summed E-state index contributed by atoms with van der Waals surface area (Å²) < 4.78 is 0. The van der Waals surface area contributed by atoms with Crippen LogP contribution in [0, 0.1) is 13.8 Å². The first kappa shape index (κ1) is 15.3. The lowest BCUT2D eigenvalue weighted by molar-refractivity contribution is 0.0790. The average molecular weight is 321 g/mol. The molecule has 124 valence electrons. The molecular weight excluding hydrogens is 298 g/mol. The first-order chi connectivity index (χ1) is 11.6. The van der Waals surface area contributed by atoms with Crippen molar-refractivity contribution in [3.8, 4) is 0 Å². The molecule has 1 atom stereocenters. The lowest BCUT2D eigenvalue weighted by atomic mass is 10.1. The van der Waals surface area contributed by atoms with Gasteiger partial charge < -0.3 is 4.90 Å². The van der Waals surface area contributed by atoms with Crippen LogP contribution < -0.4 is 0 Å². The number of likely N-dealkylation sites (tertiary alicyclic amines) is 1. The topological polar surface area (TPSA) is 46.1 Å². The van der Waals surface area contributed by atoms with Gasteiger partial charge in [-0.25, -0.2) is 9.97 Å². The molecule has 4 heteroatoms. The van der Waals surface area contributed by atoms with Crippen LogP contribution in [0.4, 0.5) is 0 Å². The highest BCUT2D eigenvalue weighted by molar-refractivity contribution is 5.94. The lowest BCUT2D eigenvalue weighted by Gasteiger charge is -2.17. The second-order valence-corrected chi connectivity index (χ2v) is 7.08. The zero-order valence-corrected chi connectivity index (χ0v) is 14.4. The van der Waals surface area contributed by atoms with Crippen molar-refractivity contribution in [1.29, 1.82) is 0 Å². The minimum atomic E-state index is 0.150. The third-order valence-electron chi connectivity index (χ3n) is 5.19. The van der Waals surface area contributed by atoms with E-state index >= 15 is 0 Å². The van der Waals surface area contributed by atoms with Crippen LogP contribution in [0.3, 0.4) is 0 Å². The summed E-state index contributed by atoms with van der Waals surface area (Å²) >= 11 is 0. The zero-order chi connectivity index (χ0) is 16.7. The maximum atomic E-state index is 12.8. The van der Waals surface area contributed by atoms with Crippen LogP contribution in [0.2, 0.25) is 0 Å². The van der Waals surface area contributed by atoms with E-state index in [4.69, 9.17) is 0 Å². The number of amides is 1. The van der Waals surface area contributed by atoms with Gasteiger partial charge in [-0.05, 0) is 68.9 Å². The van der Waals surface area contributed by atoms with E-state index in [1.54, 1.807) is 0 Å². The van der Waals surface area contributed by atoms with Crippen molar-refractivity contribution in [3.63, 3.8) is 0 Å². The summed E-state index contributed by atoms with van der Waals surface area (Å²) in [6.45, 7) is 5.51. The quantitative estimate of drug-likeness (QED) is 0.853. The Morgan fingerprint density at radius 3 is 2.62 bits per heavy atom. The molecule has 4 rings (SSSR count). The summed E-state index contributed by atoms with van der Waals surface area (Å²) in [6.07, 6.45) is 4.41. The molecule has 0 saturated carbocycles. The van der Waals surface area contributed by atoms with Crippen molar-refractivity contribution in [3.05, 3.63) is 58.2 Å². The fourth-order valence-electron chi connectivity index (χ4n) is 3.98. The summed E-state index contributed by atoms with van der Waals surface area (Å²) in [5.41, 5.74) is 5.60. The molecule has 2 aromatic rings. The van der Waals surface area contributed by atoms with Gasteiger partial charge in [-0.3, -0.25) is 4.79 Å². The van der Waals surface area contributed by atoms with Crippen molar-refractivity contribution < 1.29 is 4.79 Å². The van der Waals surface area contributed by atoms with Gasteiger partial charge in [-0.2, -0.15) is 0 Å². The Morgan fingerprint density at radius 2 is 1.83 bits per heavy atom. The molecule has 1 aromatic heterocycles. The van der Waals surface area contributed by atoms with E-state index in [9.17, 15) is 4.79 Å². The van der Waals surface area contributed by atoms with Gasteiger partial charge in [0.15, 0.2) is 0 Å². The Bertz CT molecular complexity index is 779. The second kappa shape index (κ2) is 6.00. The summed E-state index contributed by atoms with van der Waals surface area (Å²) in [5, 5.41) is 0. The molecular formula is C20H23N3O. The normalized spacial score (nSPS) is 19.6. The van der Waals surface area contributed by atoms with Gasteiger partial charge in [0.2, 0.25) is 0 Å². The number of hydrogen-bond donors (Lipinski definition) is 0. The molecule has 0 unspecified atom stereocenters. The third-order valence-corrected chi connectivity index (χ3v) is 5.19. The van der Waals surface area contributed by atoms with Crippen molar-refractivity contribution in [1.82, 2.24) is 14.9 Å². The van der Waals surface area contributed by atoms with Gasteiger partial charge in [-0.15, -0.1) is 0 Å². The predicted molar refractivity (Wildman–Crippen MR) is 93.2 cm³/mol. The molecule has 2 heterocycles.